The van der Waals surface area contributed by atoms with Gasteiger partial charge in [-0.1, -0.05) is 17.7 Å². The summed E-state index contributed by atoms with van der Waals surface area (Å²) in [5, 5.41) is 13.9. The summed E-state index contributed by atoms with van der Waals surface area (Å²) >= 11 is 0. The number of carbonyl (C=O) groups excluding carboxylic acids is 1. The lowest BCUT2D eigenvalue weighted by Gasteiger charge is -2.20. The third-order valence-corrected chi connectivity index (χ3v) is 4.63. The monoisotopic (exact) mass is 343 g/mol. The lowest BCUT2D eigenvalue weighted by Crippen LogP contribution is -2.36. The number of aliphatic hydroxyl groups is 1. The minimum Gasteiger partial charge on any atom is -0.395 e. The van der Waals surface area contributed by atoms with Crippen molar-refractivity contribution in [3.8, 4) is 5.69 Å². The maximum absolute atomic E-state index is 13.0. The van der Waals surface area contributed by atoms with E-state index in [1.807, 2.05) is 16.8 Å². The van der Waals surface area contributed by atoms with E-state index in [4.69, 9.17) is 4.74 Å². The highest BCUT2D eigenvalue weighted by atomic mass is 16.5. The molecule has 134 valence electrons. The minimum atomic E-state index is -0.130. The van der Waals surface area contributed by atoms with Gasteiger partial charge in [-0.2, -0.15) is 5.10 Å². The van der Waals surface area contributed by atoms with Gasteiger partial charge < -0.3 is 14.7 Å². The molecule has 1 aromatic carbocycles. The van der Waals surface area contributed by atoms with Gasteiger partial charge in [0.25, 0.3) is 5.91 Å². The highest BCUT2D eigenvalue weighted by molar-refractivity contribution is 5.94. The largest absolute Gasteiger partial charge is 0.395 e. The van der Waals surface area contributed by atoms with E-state index >= 15 is 0 Å². The van der Waals surface area contributed by atoms with Crippen LogP contribution in [0, 0.1) is 6.92 Å². The Bertz CT molecular complexity index is 737. The molecule has 0 unspecified atom stereocenters. The number of aromatic nitrogens is 2. The number of aryl methyl sites for hydroxylation is 1. The van der Waals surface area contributed by atoms with Gasteiger partial charge in [-0.3, -0.25) is 4.79 Å². The van der Waals surface area contributed by atoms with Crippen LogP contribution < -0.4 is 0 Å². The standard InChI is InChI=1S/C19H25N3O3/c1-14-6-8-15(9-7-14)22-17-5-3-4-16(17)18(20-22)19(24)21(10-12-23)11-13-25-2/h6-9,23H,3-5,10-13H2,1-2H3. The molecule has 2 aromatic rings. The predicted molar refractivity (Wildman–Crippen MR) is 95.2 cm³/mol. The Morgan fingerprint density at radius 1 is 1.28 bits per heavy atom. The second-order valence-electron chi connectivity index (χ2n) is 6.38. The van der Waals surface area contributed by atoms with Crippen molar-refractivity contribution in [2.24, 2.45) is 0 Å². The summed E-state index contributed by atoms with van der Waals surface area (Å²) in [4.78, 5) is 14.6. The van der Waals surface area contributed by atoms with Crippen molar-refractivity contribution >= 4 is 5.91 Å². The molecule has 0 saturated carbocycles. The molecule has 6 nitrogen and oxygen atoms in total. The van der Waals surface area contributed by atoms with Crippen LogP contribution in [0.5, 0.6) is 0 Å². The Morgan fingerprint density at radius 2 is 2.04 bits per heavy atom. The summed E-state index contributed by atoms with van der Waals surface area (Å²) in [6.07, 6.45) is 2.85. The molecule has 0 bridgehead atoms. The zero-order valence-corrected chi connectivity index (χ0v) is 14.9. The lowest BCUT2D eigenvalue weighted by atomic mass is 10.2. The van der Waals surface area contributed by atoms with Crippen molar-refractivity contribution < 1.29 is 14.6 Å². The van der Waals surface area contributed by atoms with Gasteiger partial charge >= 0.3 is 0 Å². The normalized spacial score (nSPS) is 13.1. The van der Waals surface area contributed by atoms with E-state index in [1.54, 1.807) is 12.0 Å². The summed E-state index contributed by atoms with van der Waals surface area (Å²) in [5.74, 6) is -0.130. The van der Waals surface area contributed by atoms with E-state index in [2.05, 4.69) is 24.2 Å². The molecule has 0 spiro atoms. The van der Waals surface area contributed by atoms with E-state index in [1.165, 1.54) is 5.56 Å². The Kier molecular flexibility index (Phi) is 5.50. The van der Waals surface area contributed by atoms with Gasteiger partial charge in [0.1, 0.15) is 0 Å². The fourth-order valence-electron chi connectivity index (χ4n) is 3.30. The maximum atomic E-state index is 13.0. The van der Waals surface area contributed by atoms with Gasteiger partial charge in [0.15, 0.2) is 5.69 Å². The SMILES string of the molecule is COCCN(CCO)C(=O)c1nn(-c2ccc(C)cc2)c2c1CCC2. The zero-order chi connectivity index (χ0) is 17.8. The zero-order valence-electron chi connectivity index (χ0n) is 14.9. The number of benzene rings is 1. The fraction of sp³-hybridized carbons (Fsp3) is 0.474. The van der Waals surface area contributed by atoms with Crippen LogP contribution >= 0.6 is 0 Å². The molecule has 0 atom stereocenters. The van der Waals surface area contributed by atoms with E-state index in [0.29, 0.717) is 18.8 Å². The van der Waals surface area contributed by atoms with E-state index in [-0.39, 0.29) is 19.1 Å². The van der Waals surface area contributed by atoms with Crippen LogP contribution in [0.1, 0.15) is 33.7 Å². The average molecular weight is 343 g/mol. The first kappa shape index (κ1) is 17.6. The summed E-state index contributed by atoms with van der Waals surface area (Å²) in [6.45, 7) is 3.15. The van der Waals surface area contributed by atoms with Gasteiger partial charge in [0.2, 0.25) is 0 Å². The van der Waals surface area contributed by atoms with Crippen molar-refractivity contribution in [2.75, 3.05) is 33.4 Å². The molecule has 1 N–H and O–H groups in total. The number of hydrogen-bond donors (Lipinski definition) is 1. The molecule has 25 heavy (non-hydrogen) atoms. The summed E-state index contributed by atoms with van der Waals surface area (Å²) < 4.78 is 6.99. The number of nitrogens with zero attached hydrogens (tertiary/aromatic N) is 3. The molecular weight excluding hydrogens is 318 g/mol. The Labute approximate surface area is 148 Å². The predicted octanol–water partition coefficient (Wildman–Crippen LogP) is 1.75. The molecule has 1 amide bonds. The second kappa shape index (κ2) is 7.80. The number of rotatable bonds is 7. The Balaban J connectivity index is 1.95. The third kappa shape index (κ3) is 3.60. The third-order valence-electron chi connectivity index (χ3n) is 4.63. The maximum Gasteiger partial charge on any atom is 0.274 e. The van der Waals surface area contributed by atoms with E-state index in [0.717, 1.165) is 36.2 Å². The van der Waals surface area contributed by atoms with Crippen molar-refractivity contribution in [3.05, 3.63) is 46.8 Å². The molecule has 0 aliphatic heterocycles. The van der Waals surface area contributed by atoms with Gasteiger partial charge in [-0.25, -0.2) is 4.68 Å². The molecule has 1 aliphatic carbocycles. The van der Waals surface area contributed by atoms with E-state index in [9.17, 15) is 9.90 Å². The molecule has 6 heteroatoms. The number of methoxy groups -OCH3 is 1. The van der Waals surface area contributed by atoms with Gasteiger partial charge in [0.05, 0.1) is 18.9 Å². The fourth-order valence-corrected chi connectivity index (χ4v) is 3.30. The second-order valence-corrected chi connectivity index (χ2v) is 6.38. The molecule has 0 fully saturated rings. The Hall–Kier alpha value is -2.18. The number of hydrogen-bond acceptors (Lipinski definition) is 4. The number of ether oxygens (including phenoxy) is 1. The molecule has 1 heterocycles. The first-order chi connectivity index (χ1) is 12.2. The van der Waals surface area contributed by atoms with Crippen molar-refractivity contribution in [1.82, 2.24) is 14.7 Å². The quantitative estimate of drug-likeness (QED) is 0.832. The van der Waals surface area contributed by atoms with Crippen LogP contribution in [0.15, 0.2) is 24.3 Å². The van der Waals surface area contributed by atoms with Gasteiger partial charge in [0, 0.05) is 31.5 Å². The first-order valence-corrected chi connectivity index (χ1v) is 8.72. The summed E-state index contributed by atoms with van der Waals surface area (Å²) in [7, 11) is 1.60. The first-order valence-electron chi connectivity index (χ1n) is 8.72. The average Bonchev–Trinajstić information content (AvgIpc) is 3.21. The number of aliphatic hydroxyl groups excluding tert-OH is 1. The van der Waals surface area contributed by atoms with Gasteiger partial charge in [-0.05, 0) is 38.3 Å². The highest BCUT2D eigenvalue weighted by Gasteiger charge is 2.29. The van der Waals surface area contributed by atoms with Crippen LogP contribution in [0.4, 0.5) is 0 Å². The summed E-state index contributed by atoms with van der Waals surface area (Å²) in [5.41, 5.74) is 4.86. The molecule has 0 radical (unpaired) electrons. The number of fused-ring (bicyclic) bond motifs is 1. The molecule has 1 aromatic heterocycles. The molecule has 0 saturated heterocycles. The van der Waals surface area contributed by atoms with Crippen LogP contribution in [0.3, 0.4) is 0 Å². The molecular formula is C19H25N3O3. The van der Waals surface area contributed by atoms with Crippen LogP contribution in [0.25, 0.3) is 5.69 Å². The summed E-state index contributed by atoms with van der Waals surface area (Å²) in [6, 6.07) is 8.17. The van der Waals surface area contributed by atoms with Crippen molar-refractivity contribution in [2.45, 2.75) is 26.2 Å². The molecule has 3 rings (SSSR count). The van der Waals surface area contributed by atoms with Crippen molar-refractivity contribution in [3.63, 3.8) is 0 Å². The van der Waals surface area contributed by atoms with E-state index < -0.39 is 0 Å². The smallest absolute Gasteiger partial charge is 0.274 e. The van der Waals surface area contributed by atoms with Crippen LogP contribution in [0.2, 0.25) is 0 Å². The van der Waals surface area contributed by atoms with Crippen molar-refractivity contribution in [1.29, 1.82) is 0 Å². The van der Waals surface area contributed by atoms with Gasteiger partial charge in [-0.15, -0.1) is 0 Å². The molecule has 1 aliphatic rings. The van der Waals surface area contributed by atoms with Crippen LogP contribution in [-0.2, 0) is 17.6 Å². The lowest BCUT2D eigenvalue weighted by molar-refractivity contribution is 0.0649. The number of amides is 1. The topological polar surface area (TPSA) is 67.6 Å². The minimum absolute atomic E-state index is 0.0731. The van der Waals surface area contributed by atoms with Crippen LogP contribution in [-0.4, -0.2) is 59.1 Å². The number of carbonyl (C=O) groups is 1. The highest BCUT2D eigenvalue weighted by Crippen LogP contribution is 2.28. The Morgan fingerprint density at radius 3 is 2.72 bits per heavy atom.